The summed E-state index contributed by atoms with van der Waals surface area (Å²) >= 11 is 4.90. The first-order chi connectivity index (χ1) is 10.0. The number of methoxy groups -OCH3 is 1. The highest BCUT2D eigenvalue weighted by Crippen LogP contribution is 2.39. The number of halogens is 1. The fourth-order valence-corrected chi connectivity index (χ4v) is 4.10. The van der Waals surface area contributed by atoms with Crippen molar-refractivity contribution in [2.24, 2.45) is 0 Å². The molecule has 21 heavy (non-hydrogen) atoms. The van der Waals surface area contributed by atoms with E-state index in [1.54, 1.807) is 4.90 Å². The van der Waals surface area contributed by atoms with Gasteiger partial charge in [0.1, 0.15) is 0 Å². The second-order valence-electron chi connectivity index (χ2n) is 5.14. The van der Waals surface area contributed by atoms with Crippen LogP contribution in [0.5, 0.6) is 0 Å². The Hall–Kier alpha value is -1.34. The summed E-state index contributed by atoms with van der Waals surface area (Å²) < 4.78 is 5.85. The average molecular weight is 371 g/mol. The van der Waals surface area contributed by atoms with E-state index in [2.05, 4.69) is 21.2 Å². The van der Waals surface area contributed by atoms with Gasteiger partial charge in [-0.05, 0) is 41.8 Å². The topological polar surface area (TPSA) is 58.6 Å². The summed E-state index contributed by atoms with van der Waals surface area (Å²) in [6.07, 6.45) is 1.96. The molecule has 1 aromatic rings. The molecule has 1 aliphatic carbocycles. The molecule has 1 fully saturated rings. The third-order valence-electron chi connectivity index (χ3n) is 3.72. The zero-order chi connectivity index (χ0) is 15.1. The molecule has 5 nitrogen and oxygen atoms in total. The summed E-state index contributed by atoms with van der Waals surface area (Å²) in [5.41, 5.74) is 1.21. The van der Waals surface area contributed by atoms with E-state index in [1.165, 1.54) is 18.4 Å². The van der Waals surface area contributed by atoms with Crippen LogP contribution in [-0.4, -0.2) is 30.1 Å². The summed E-state index contributed by atoms with van der Waals surface area (Å²) in [5.74, 6) is -0.396. The fourth-order valence-electron chi connectivity index (χ4n) is 2.60. The van der Waals surface area contributed by atoms with E-state index >= 15 is 0 Å². The van der Waals surface area contributed by atoms with E-state index in [4.69, 9.17) is 4.74 Å². The largest absolute Gasteiger partial charge is 0.466 e. The lowest BCUT2D eigenvalue weighted by Gasteiger charge is -2.34. The van der Waals surface area contributed by atoms with E-state index in [1.807, 2.05) is 18.4 Å². The Bertz CT molecular complexity index is 636. The highest BCUT2D eigenvalue weighted by Gasteiger charge is 2.42. The van der Waals surface area contributed by atoms with Crippen LogP contribution in [0, 0.1) is 0 Å². The van der Waals surface area contributed by atoms with Gasteiger partial charge < -0.3 is 10.1 Å². The molecule has 2 heterocycles. The molecule has 0 saturated heterocycles. The number of hydrogen-bond acceptors (Lipinski definition) is 4. The molecule has 2 amide bonds. The maximum Gasteiger partial charge on any atom is 0.338 e. The fraction of sp³-hybridized carbons (Fsp3) is 0.429. The van der Waals surface area contributed by atoms with E-state index in [9.17, 15) is 9.59 Å². The smallest absolute Gasteiger partial charge is 0.338 e. The predicted molar refractivity (Wildman–Crippen MR) is 82.9 cm³/mol. The van der Waals surface area contributed by atoms with Gasteiger partial charge in [-0.3, -0.25) is 4.90 Å². The molecule has 0 unspecified atom stereocenters. The van der Waals surface area contributed by atoms with Crippen LogP contribution in [0.4, 0.5) is 4.79 Å². The van der Waals surface area contributed by atoms with Crippen LogP contribution in [0.25, 0.3) is 0 Å². The van der Waals surface area contributed by atoms with Crippen molar-refractivity contribution in [2.45, 2.75) is 31.8 Å². The molecule has 1 aliphatic heterocycles. The minimum Gasteiger partial charge on any atom is -0.466 e. The molecule has 0 aromatic carbocycles. The number of esters is 1. The van der Waals surface area contributed by atoms with Crippen molar-refractivity contribution in [2.75, 3.05) is 7.11 Å². The van der Waals surface area contributed by atoms with Crippen LogP contribution in [0.15, 0.2) is 27.2 Å². The number of amides is 2. The molecule has 1 aromatic heterocycles. The minimum absolute atomic E-state index is 0.142. The number of nitrogens with one attached hydrogen (secondary N) is 1. The molecular weight excluding hydrogens is 356 g/mol. The Morgan fingerprint density at radius 3 is 2.76 bits per heavy atom. The van der Waals surface area contributed by atoms with Gasteiger partial charge in [0, 0.05) is 26.5 Å². The van der Waals surface area contributed by atoms with Gasteiger partial charge in [-0.2, -0.15) is 0 Å². The van der Waals surface area contributed by atoms with Crippen molar-refractivity contribution in [1.29, 1.82) is 0 Å². The molecule has 1 atom stereocenters. The number of carbonyl (C=O) groups excluding carboxylic acids is 2. The summed E-state index contributed by atoms with van der Waals surface area (Å²) in [6.45, 7) is 1.82. The van der Waals surface area contributed by atoms with Crippen molar-refractivity contribution in [3.63, 3.8) is 0 Å². The molecule has 0 bridgehead atoms. The predicted octanol–water partition coefficient (Wildman–Crippen LogP) is 3.19. The molecule has 1 N–H and O–H groups in total. The van der Waals surface area contributed by atoms with Gasteiger partial charge in [0.2, 0.25) is 0 Å². The number of allylic oxidation sites excluding steroid dienone is 1. The Balaban J connectivity index is 2.06. The monoisotopic (exact) mass is 370 g/mol. The van der Waals surface area contributed by atoms with Crippen LogP contribution < -0.4 is 5.32 Å². The Labute approximate surface area is 135 Å². The van der Waals surface area contributed by atoms with Gasteiger partial charge in [0.05, 0.1) is 18.7 Å². The molecule has 7 heteroatoms. The van der Waals surface area contributed by atoms with Gasteiger partial charge in [0.15, 0.2) is 0 Å². The van der Waals surface area contributed by atoms with E-state index in [-0.39, 0.29) is 12.1 Å². The second-order valence-corrected chi connectivity index (χ2v) is 7.00. The average Bonchev–Trinajstić information content (AvgIpc) is 3.18. The molecule has 1 saturated carbocycles. The maximum absolute atomic E-state index is 12.4. The molecule has 3 rings (SSSR count). The first kappa shape index (κ1) is 14.6. The number of nitrogens with zero attached hydrogens (tertiary/aromatic N) is 1. The van der Waals surface area contributed by atoms with E-state index in [0.29, 0.717) is 11.3 Å². The van der Waals surface area contributed by atoms with Gasteiger partial charge in [-0.15, -0.1) is 11.3 Å². The van der Waals surface area contributed by atoms with Crippen molar-refractivity contribution in [3.8, 4) is 0 Å². The summed E-state index contributed by atoms with van der Waals surface area (Å²) in [4.78, 5) is 27.1. The summed E-state index contributed by atoms with van der Waals surface area (Å²) in [5, 5.41) is 4.86. The summed E-state index contributed by atoms with van der Waals surface area (Å²) in [6, 6.07) is 1.53. The number of carbonyl (C=O) groups is 2. The van der Waals surface area contributed by atoms with Crippen LogP contribution in [0.2, 0.25) is 0 Å². The number of rotatable bonds is 3. The summed E-state index contributed by atoms with van der Waals surface area (Å²) in [7, 11) is 1.36. The number of thiophene rings is 1. The van der Waals surface area contributed by atoms with Crippen LogP contribution >= 0.6 is 27.3 Å². The lowest BCUT2D eigenvalue weighted by Crippen LogP contribution is -2.48. The third kappa shape index (κ3) is 2.60. The van der Waals surface area contributed by atoms with E-state index in [0.717, 1.165) is 22.2 Å². The van der Waals surface area contributed by atoms with E-state index < -0.39 is 12.0 Å². The molecule has 2 aliphatic rings. The highest BCUT2D eigenvalue weighted by molar-refractivity contribution is 9.10. The van der Waals surface area contributed by atoms with Crippen molar-refractivity contribution >= 4 is 39.3 Å². The van der Waals surface area contributed by atoms with Crippen molar-refractivity contribution in [1.82, 2.24) is 10.2 Å². The van der Waals surface area contributed by atoms with Crippen molar-refractivity contribution in [3.05, 3.63) is 32.1 Å². The SMILES string of the molecule is COC(=O)C1=C(C)N(C2CC2)C(=O)N[C@@H]1c1cc(Br)cs1. The standard InChI is InChI=1S/C14H15BrN2O3S/c1-7-11(13(18)20-2)12(10-5-8(15)6-21-10)16-14(19)17(7)9-3-4-9/h5-6,9,12H,3-4H2,1-2H3,(H,16,19)/t12-/m1/s1. The third-order valence-corrected chi connectivity index (χ3v) is 5.47. The first-order valence-corrected chi connectivity index (χ1v) is 8.33. The Kier molecular flexibility index (Phi) is 3.79. The number of urea groups is 1. The molecule has 112 valence electrons. The minimum atomic E-state index is -0.448. The number of hydrogen-bond donors (Lipinski definition) is 1. The Morgan fingerprint density at radius 2 is 2.24 bits per heavy atom. The van der Waals surface area contributed by atoms with Gasteiger partial charge in [-0.1, -0.05) is 0 Å². The zero-order valence-corrected chi connectivity index (χ0v) is 14.1. The van der Waals surface area contributed by atoms with Crippen molar-refractivity contribution < 1.29 is 14.3 Å². The zero-order valence-electron chi connectivity index (χ0n) is 11.7. The Morgan fingerprint density at radius 1 is 1.52 bits per heavy atom. The van der Waals surface area contributed by atoms with Gasteiger partial charge in [-0.25, -0.2) is 9.59 Å². The quantitative estimate of drug-likeness (QED) is 0.831. The number of ether oxygens (including phenoxy) is 1. The lowest BCUT2D eigenvalue weighted by molar-refractivity contribution is -0.136. The molecule has 0 radical (unpaired) electrons. The van der Waals surface area contributed by atoms with Gasteiger partial charge >= 0.3 is 12.0 Å². The van der Waals surface area contributed by atoms with Crippen LogP contribution in [0.1, 0.15) is 30.7 Å². The lowest BCUT2D eigenvalue weighted by atomic mass is 10.0. The maximum atomic E-state index is 12.4. The van der Waals surface area contributed by atoms with Crippen LogP contribution in [0.3, 0.4) is 0 Å². The second kappa shape index (κ2) is 5.46. The normalized spacial score (nSPS) is 22.3. The molecule has 0 spiro atoms. The van der Waals surface area contributed by atoms with Gasteiger partial charge in [0.25, 0.3) is 0 Å². The molecular formula is C14H15BrN2O3S. The highest BCUT2D eigenvalue weighted by atomic mass is 79.9. The first-order valence-electron chi connectivity index (χ1n) is 6.65. The van der Waals surface area contributed by atoms with Crippen LogP contribution in [-0.2, 0) is 9.53 Å².